The highest BCUT2D eigenvalue weighted by Crippen LogP contribution is 2.25. The first-order valence-electron chi connectivity index (χ1n) is 9.75. The van der Waals surface area contributed by atoms with Gasteiger partial charge in [0.2, 0.25) is 10.0 Å². The summed E-state index contributed by atoms with van der Waals surface area (Å²) in [4.78, 5) is 16.6. The van der Waals surface area contributed by atoms with Crippen molar-refractivity contribution in [3.05, 3.63) is 69.7 Å². The fourth-order valence-electron chi connectivity index (χ4n) is 3.04. The summed E-state index contributed by atoms with van der Waals surface area (Å²) in [5.41, 5.74) is 2.92. The Kier molecular flexibility index (Phi) is 7.83. The Hall–Kier alpha value is -2.26. The van der Waals surface area contributed by atoms with Crippen molar-refractivity contribution < 1.29 is 17.9 Å². The van der Waals surface area contributed by atoms with E-state index in [0.29, 0.717) is 24.3 Å². The van der Waals surface area contributed by atoms with Crippen molar-refractivity contribution in [2.75, 3.05) is 13.7 Å². The highest BCUT2D eigenvalue weighted by Gasteiger charge is 2.19. The normalized spacial score (nSPS) is 11.5. The topological polar surface area (TPSA) is 85.4 Å². The number of nitrogens with one attached hydrogen (secondary N) is 1. The number of halogens is 1. The van der Waals surface area contributed by atoms with Gasteiger partial charge in [-0.2, -0.15) is 0 Å². The summed E-state index contributed by atoms with van der Waals surface area (Å²) in [7, 11) is -2.46. The molecule has 3 rings (SSSR count). The fraction of sp³-hybridized carbons (Fsp3) is 0.273. The number of ether oxygens (including phenoxy) is 1. The van der Waals surface area contributed by atoms with Crippen LogP contribution in [0.15, 0.2) is 52.7 Å². The maximum absolute atomic E-state index is 12.6. The first-order chi connectivity index (χ1) is 14.8. The third-order valence-corrected chi connectivity index (χ3v) is 7.37. The van der Waals surface area contributed by atoms with E-state index in [4.69, 9.17) is 16.3 Å². The van der Waals surface area contributed by atoms with Crippen LogP contribution in [0.1, 0.15) is 35.0 Å². The summed E-state index contributed by atoms with van der Waals surface area (Å²) in [6.45, 7) is 2.16. The minimum absolute atomic E-state index is 0.0452. The monoisotopic (exact) mass is 478 g/mol. The zero-order chi connectivity index (χ0) is 22.4. The number of sulfonamides is 1. The summed E-state index contributed by atoms with van der Waals surface area (Å²) in [6, 6.07) is 12.0. The highest BCUT2D eigenvalue weighted by molar-refractivity contribution is 7.89. The molecule has 1 heterocycles. The summed E-state index contributed by atoms with van der Waals surface area (Å²) < 4.78 is 32.6. The molecule has 0 aliphatic heterocycles. The fourth-order valence-corrected chi connectivity index (χ4v) is 5.12. The molecular weight excluding hydrogens is 456 g/mol. The lowest BCUT2D eigenvalue weighted by atomic mass is 10.1. The maximum atomic E-state index is 12.6. The van der Waals surface area contributed by atoms with Gasteiger partial charge < -0.3 is 4.74 Å². The number of aryl methyl sites for hydroxylation is 2. The number of nitrogens with zero attached hydrogens (tertiary/aromatic N) is 1. The minimum Gasteiger partial charge on any atom is -0.465 e. The van der Waals surface area contributed by atoms with Gasteiger partial charge in [0, 0.05) is 22.5 Å². The zero-order valence-electron chi connectivity index (χ0n) is 17.2. The van der Waals surface area contributed by atoms with Crippen LogP contribution < -0.4 is 4.72 Å². The Labute approximate surface area is 191 Å². The van der Waals surface area contributed by atoms with Gasteiger partial charge in [-0.05, 0) is 49.1 Å². The van der Waals surface area contributed by atoms with Gasteiger partial charge in [0.15, 0.2) is 0 Å². The predicted octanol–water partition coefficient (Wildman–Crippen LogP) is 4.72. The highest BCUT2D eigenvalue weighted by atomic mass is 35.5. The van der Waals surface area contributed by atoms with Crippen LogP contribution in [0.25, 0.3) is 10.6 Å². The van der Waals surface area contributed by atoms with Gasteiger partial charge in [0.25, 0.3) is 0 Å². The van der Waals surface area contributed by atoms with Gasteiger partial charge in [-0.3, -0.25) is 0 Å². The molecule has 0 aliphatic rings. The molecule has 6 nitrogen and oxygen atoms in total. The van der Waals surface area contributed by atoms with E-state index >= 15 is 0 Å². The summed E-state index contributed by atoms with van der Waals surface area (Å²) in [5.74, 6) is -0.547. The van der Waals surface area contributed by atoms with Crippen LogP contribution in [0.3, 0.4) is 0 Å². The van der Waals surface area contributed by atoms with Crippen molar-refractivity contribution in [2.45, 2.75) is 31.1 Å². The van der Waals surface area contributed by atoms with E-state index in [-0.39, 0.29) is 17.0 Å². The molecule has 164 valence electrons. The predicted molar refractivity (Wildman–Crippen MR) is 123 cm³/mol. The number of hydrogen-bond acceptors (Lipinski definition) is 6. The first-order valence-corrected chi connectivity index (χ1v) is 12.5. The molecule has 0 amide bonds. The molecule has 0 bridgehead atoms. The minimum atomic E-state index is -3.73. The Balaban J connectivity index is 1.59. The van der Waals surface area contributed by atoms with E-state index in [1.54, 1.807) is 17.4 Å². The molecule has 0 radical (unpaired) electrons. The second-order valence-electron chi connectivity index (χ2n) is 6.82. The SMILES string of the molecule is CCc1ccc(S(=O)(=O)NCCCc2csc(-c3ccc(Cl)cc3)n2)cc1C(=O)OC. The van der Waals surface area contributed by atoms with E-state index in [9.17, 15) is 13.2 Å². The van der Waals surface area contributed by atoms with Crippen molar-refractivity contribution in [3.8, 4) is 10.6 Å². The largest absolute Gasteiger partial charge is 0.465 e. The number of thiazole rings is 1. The molecule has 31 heavy (non-hydrogen) atoms. The smallest absolute Gasteiger partial charge is 0.338 e. The number of carbonyl (C=O) groups excluding carboxylic acids is 1. The third-order valence-electron chi connectivity index (χ3n) is 4.72. The average Bonchev–Trinajstić information content (AvgIpc) is 3.25. The molecule has 9 heteroatoms. The molecule has 0 saturated heterocycles. The summed E-state index contributed by atoms with van der Waals surface area (Å²) in [6.07, 6.45) is 1.85. The van der Waals surface area contributed by atoms with Crippen LogP contribution in [-0.2, 0) is 27.6 Å². The molecule has 0 fully saturated rings. The van der Waals surface area contributed by atoms with Crippen LogP contribution in [0, 0.1) is 0 Å². The van der Waals surface area contributed by atoms with Gasteiger partial charge in [-0.15, -0.1) is 11.3 Å². The zero-order valence-corrected chi connectivity index (χ0v) is 19.6. The Morgan fingerprint density at radius 2 is 1.94 bits per heavy atom. The second-order valence-corrected chi connectivity index (χ2v) is 9.88. The van der Waals surface area contributed by atoms with Crippen LogP contribution in [-0.4, -0.2) is 33.0 Å². The lowest BCUT2D eigenvalue weighted by molar-refractivity contribution is 0.0599. The first kappa shape index (κ1) is 23.4. The number of methoxy groups -OCH3 is 1. The number of benzene rings is 2. The molecule has 3 aromatic rings. The van der Waals surface area contributed by atoms with E-state index in [0.717, 1.165) is 21.8 Å². The van der Waals surface area contributed by atoms with Crippen molar-refractivity contribution in [1.29, 1.82) is 0 Å². The standard InChI is InChI=1S/C22H23ClN2O4S2/c1-3-15-8-11-19(13-20(15)22(26)29-2)31(27,28)24-12-4-5-18-14-30-21(25-18)16-6-9-17(23)10-7-16/h6-11,13-14,24H,3-5,12H2,1-2H3. The molecule has 0 aliphatic carbocycles. The quantitative estimate of drug-likeness (QED) is 0.355. The maximum Gasteiger partial charge on any atom is 0.338 e. The lowest BCUT2D eigenvalue weighted by Crippen LogP contribution is -2.25. The molecule has 0 unspecified atom stereocenters. The van der Waals surface area contributed by atoms with Gasteiger partial charge in [0.05, 0.1) is 23.3 Å². The van der Waals surface area contributed by atoms with E-state index in [2.05, 4.69) is 9.71 Å². The molecule has 2 aromatic carbocycles. The Bertz CT molecular complexity index is 1160. The van der Waals surface area contributed by atoms with Gasteiger partial charge in [0.1, 0.15) is 5.01 Å². The van der Waals surface area contributed by atoms with Crippen molar-refractivity contribution in [1.82, 2.24) is 9.71 Å². The number of carbonyl (C=O) groups is 1. The van der Waals surface area contributed by atoms with Crippen LogP contribution >= 0.6 is 22.9 Å². The second kappa shape index (κ2) is 10.4. The number of esters is 1. The molecule has 1 N–H and O–H groups in total. The Morgan fingerprint density at radius 3 is 2.61 bits per heavy atom. The van der Waals surface area contributed by atoms with Crippen LogP contribution in [0.4, 0.5) is 0 Å². The van der Waals surface area contributed by atoms with Gasteiger partial charge >= 0.3 is 5.97 Å². The van der Waals surface area contributed by atoms with Crippen molar-refractivity contribution in [2.24, 2.45) is 0 Å². The average molecular weight is 479 g/mol. The third kappa shape index (κ3) is 5.92. The van der Waals surface area contributed by atoms with Crippen LogP contribution in [0.2, 0.25) is 5.02 Å². The lowest BCUT2D eigenvalue weighted by Gasteiger charge is -2.10. The molecule has 0 atom stereocenters. The number of hydrogen-bond donors (Lipinski definition) is 1. The van der Waals surface area contributed by atoms with E-state index in [1.165, 1.54) is 19.2 Å². The molecule has 1 aromatic heterocycles. The number of aromatic nitrogens is 1. The summed E-state index contributed by atoms with van der Waals surface area (Å²) in [5, 5.41) is 3.55. The van der Waals surface area contributed by atoms with Gasteiger partial charge in [-0.1, -0.05) is 36.7 Å². The van der Waals surface area contributed by atoms with Crippen LogP contribution in [0.5, 0.6) is 0 Å². The summed E-state index contributed by atoms with van der Waals surface area (Å²) >= 11 is 7.46. The Morgan fingerprint density at radius 1 is 1.19 bits per heavy atom. The number of rotatable bonds is 9. The van der Waals surface area contributed by atoms with Crippen molar-refractivity contribution >= 4 is 38.9 Å². The van der Waals surface area contributed by atoms with E-state index < -0.39 is 16.0 Å². The van der Waals surface area contributed by atoms with Crippen molar-refractivity contribution in [3.63, 3.8) is 0 Å². The molecule has 0 saturated carbocycles. The van der Waals surface area contributed by atoms with E-state index in [1.807, 2.05) is 36.6 Å². The molecular formula is C22H23ClN2O4S2. The van der Waals surface area contributed by atoms with Gasteiger partial charge in [-0.25, -0.2) is 22.9 Å². The molecule has 0 spiro atoms.